The molecule has 24 heavy (non-hydrogen) atoms. The van der Waals surface area contributed by atoms with Crippen LogP contribution < -0.4 is 5.32 Å². The molecule has 7 nitrogen and oxygen atoms in total. The van der Waals surface area contributed by atoms with E-state index in [9.17, 15) is 9.90 Å². The standard InChI is InChI=1S/C16H14ClN5O2/c17-12-6-7-13(14(8-12)22-10-19-20-21-22)16(24)18-9-15(23)11-4-2-1-3-5-11/h1-8,10,15,23H,9H2,(H,18,24). The largest absolute Gasteiger partial charge is 0.387 e. The zero-order valence-electron chi connectivity index (χ0n) is 12.5. The number of benzene rings is 2. The van der Waals surface area contributed by atoms with E-state index in [1.807, 2.05) is 18.2 Å². The normalized spacial score (nSPS) is 11.9. The zero-order chi connectivity index (χ0) is 16.9. The minimum Gasteiger partial charge on any atom is -0.387 e. The Balaban J connectivity index is 1.76. The summed E-state index contributed by atoms with van der Waals surface area (Å²) in [6.07, 6.45) is 0.584. The third kappa shape index (κ3) is 3.58. The van der Waals surface area contributed by atoms with Gasteiger partial charge in [-0.1, -0.05) is 41.9 Å². The number of hydrogen-bond donors (Lipinski definition) is 2. The lowest BCUT2D eigenvalue weighted by Gasteiger charge is -2.14. The van der Waals surface area contributed by atoms with Crippen molar-refractivity contribution >= 4 is 17.5 Å². The van der Waals surface area contributed by atoms with Gasteiger partial charge in [0, 0.05) is 11.6 Å². The van der Waals surface area contributed by atoms with Crippen molar-refractivity contribution in [3.8, 4) is 5.69 Å². The Hall–Kier alpha value is -2.77. The van der Waals surface area contributed by atoms with Crippen LogP contribution in [-0.2, 0) is 0 Å². The summed E-state index contributed by atoms with van der Waals surface area (Å²) >= 11 is 5.99. The summed E-state index contributed by atoms with van der Waals surface area (Å²) in [5, 5.41) is 24.2. The number of rotatable bonds is 5. The number of carbonyl (C=O) groups is 1. The number of aliphatic hydroxyl groups excluding tert-OH is 1. The van der Waals surface area contributed by atoms with Crippen LogP contribution in [-0.4, -0.2) is 37.8 Å². The molecule has 0 fully saturated rings. The molecule has 8 heteroatoms. The molecule has 0 bridgehead atoms. The fourth-order valence-corrected chi connectivity index (χ4v) is 2.40. The molecule has 1 unspecified atom stereocenters. The second-order valence-electron chi connectivity index (χ2n) is 5.05. The van der Waals surface area contributed by atoms with Crippen molar-refractivity contribution in [3.05, 3.63) is 71.0 Å². The molecule has 0 spiro atoms. The van der Waals surface area contributed by atoms with Crippen LogP contribution in [0.5, 0.6) is 0 Å². The van der Waals surface area contributed by atoms with E-state index in [2.05, 4.69) is 20.8 Å². The highest BCUT2D eigenvalue weighted by molar-refractivity contribution is 6.31. The van der Waals surface area contributed by atoms with Gasteiger partial charge in [0.2, 0.25) is 0 Å². The Morgan fingerprint density at radius 3 is 2.75 bits per heavy atom. The molecule has 0 aliphatic heterocycles. The first-order chi connectivity index (χ1) is 11.6. The molecule has 1 atom stereocenters. The smallest absolute Gasteiger partial charge is 0.253 e. The van der Waals surface area contributed by atoms with Crippen LogP contribution in [0, 0.1) is 0 Å². The Labute approximate surface area is 142 Å². The Bertz CT molecular complexity index is 824. The number of carbonyl (C=O) groups excluding carboxylic acids is 1. The van der Waals surface area contributed by atoms with Gasteiger partial charge in [-0.05, 0) is 34.2 Å². The molecular formula is C16H14ClN5O2. The summed E-state index contributed by atoms with van der Waals surface area (Å²) in [7, 11) is 0. The summed E-state index contributed by atoms with van der Waals surface area (Å²) in [5.74, 6) is -0.354. The maximum absolute atomic E-state index is 12.5. The van der Waals surface area contributed by atoms with E-state index in [1.165, 1.54) is 11.0 Å². The zero-order valence-corrected chi connectivity index (χ0v) is 13.3. The number of tetrazole rings is 1. The van der Waals surface area contributed by atoms with E-state index in [-0.39, 0.29) is 12.5 Å². The molecule has 0 radical (unpaired) electrons. The SMILES string of the molecule is O=C(NCC(O)c1ccccc1)c1ccc(Cl)cc1-n1cnnn1. The van der Waals surface area contributed by atoms with E-state index >= 15 is 0 Å². The lowest BCUT2D eigenvalue weighted by atomic mass is 10.1. The monoisotopic (exact) mass is 343 g/mol. The number of aliphatic hydroxyl groups is 1. The van der Waals surface area contributed by atoms with Crippen LogP contribution in [0.4, 0.5) is 0 Å². The molecule has 0 saturated heterocycles. The van der Waals surface area contributed by atoms with Crippen LogP contribution in [0.1, 0.15) is 22.0 Å². The van der Waals surface area contributed by atoms with Crippen LogP contribution in [0.3, 0.4) is 0 Å². The third-order valence-electron chi connectivity index (χ3n) is 3.44. The van der Waals surface area contributed by atoms with Gasteiger partial charge in [-0.2, -0.15) is 4.68 Å². The summed E-state index contributed by atoms with van der Waals surface area (Å²) in [6.45, 7) is 0.0838. The van der Waals surface area contributed by atoms with Crippen LogP contribution in [0.25, 0.3) is 5.69 Å². The van der Waals surface area contributed by atoms with Crippen molar-refractivity contribution in [3.63, 3.8) is 0 Å². The highest BCUT2D eigenvalue weighted by Crippen LogP contribution is 2.19. The maximum atomic E-state index is 12.5. The van der Waals surface area contributed by atoms with Crippen LogP contribution in [0.2, 0.25) is 5.02 Å². The van der Waals surface area contributed by atoms with Gasteiger partial charge < -0.3 is 10.4 Å². The molecule has 1 heterocycles. The molecule has 3 rings (SSSR count). The molecule has 0 saturated carbocycles. The lowest BCUT2D eigenvalue weighted by molar-refractivity contribution is 0.0916. The molecule has 0 aliphatic rings. The molecular weight excluding hydrogens is 330 g/mol. The average Bonchev–Trinajstić information content (AvgIpc) is 3.14. The van der Waals surface area contributed by atoms with Crippen LogP contribution >= 0.6 is 11.6 Å². The number of amides is 1. The fraction of sp³-hybridized carbons (Fsp3) is 0.125. The van der Waals surface area contributed by atoms with E-state index in [0.717, 1.165) is 5.56 Å². The fourth-order valence-electron chi connectivity index (χ4n) is 2.24. The first kappa shape index (κ1) is 16.1. The van der Waals surface area contributed by atoms with Gasteiger partial charge in [-0.15, -0.1) is 5.10 Å². The van der Waals surface area contributed by atoms with Gasteiger partial charge >= 0.3 is 0 Å². The second kappa shape index (κ2) is 7.20. The highest BCUT2D eigenvalue weighted by atomic mass is 35.5. The third-order valence-corrected chi connectivity index (χ3v) is 3.68. The van der Waals surface area contributed by atoms with E-state index in [0.29, 0.717) is 16.3 Å². The Morgan fingerprint density at radius 1 is 1.25 bits per heavy atom. The van der Waals surface area contributed by atoms with Gasteiger partial charge in [-0.3, -0.25) is 4.79 Å². The van der Waals surface area contributed by atoms with E-state index in [1.54, 1.807) is 30.3 Å². The van der Waals surface area contributed by atoms with Gasteiger partial charge in [-0.25, -0.2) is 0 Å². The van der Waals surface area contributed by atoms with Gasteiger partial charge in [0.15, 0.2) is 0 Å². The lowest BCUT2D eigenvalue weighted by Crippen LogP contribution is -2.29. The number of hydrogen-bond acceptors (Lipinski definition) is 5. The first-order valence-corrected chi connectivity index (χ1v) is 7.57. The molecule has 1 aromatic heterocycles. The number of halogens is 1. The Kier molecular flexibility index (Phi) is 4.83. The van der Waals surface area contributed by atoms with Crippen molar-refractivity contribution in [1.29, 1.82) is 0 Å². The highest BCUT2D eigenvalue weighted by Gasteiger charge is 2.16. The number of aromatic nitrogens is 4. The molecule has 122 valence electrons. The topological polar surface area (TPSA) is 92.9 Å². The Morgan fingerprint density at radius 2 is 2.04 bits per heavy atom. The van der Waals surface area contributed by atoms with E-state index in [4.69, 9.17) is 11.6 Å². The second-order valence-corrected chi connectivity index (χ2v) is 5.49. The minimum absolute atomic E-state index is 0.0838. The predicted octanol–water partition coefficient (Wildman–Crippen LogP) is 1.78. The minimum atomic E-state index is -0.793. The summed E-state index contributed by atoms with van der Waals surface area (Å²) in [5.41, 5.74) is 1.54. The molecule has 1 amide bonds. The van der Waals surface area contributed by atoms with Gasteiger partial charge in [0.1, 0.15) is 6.33 Å². The summed E-state index contributed by atoms with van der Waals surface area (Å²) in [6, 6.07) is 13.9. The number of nitrogens with zero attached hydrogens (tertiary/aromatic N) is 4. The van der Waals surface area contributed by atoms with E-state index < -0.39 is 6.10 Å². The predicted molar refractivity (Wildman–Crippen MR) is 87.9 cm³/mol. The van der Waals surface area contributed by atoms with Gasteiger partial charge in [0.05, 0.1) is 17.4 Å². The molecule has 2 N–H and O–H groups in total. The summed E-state index contributed by atoms with van der Waals surface area (Å²) in [4.78, 5) is 12.5. The van der Waals surface area contributed by atoms with Crippen molar-refractivity contribution in [1.82, 2.24) is 25.5 Å². The van der Waals surface area contributed by atoms with Crippen molar-refractivity contribution < 1.29 is 9.90 Å². The van der Waals surface area contributed by atoms with Crippen molar-refractivity contribution in [2.45, 2.75) is 6.10 Å². The molecule has 3 aromatic rings. The molecule has 2 aromatic carbocycles. The van der Waals surface area contributed by atoms with Crippen LogP contribution in [0.15, 0.2) is 54.9 Å². The first-order valence-electron chi connectivity index (χ1n) is 7.19. The van der Waals surface area contributed by atoms with Gasteiger partial charge in [0.25, 0.3) is 5.91 Å². The molecule has 0 aliphatic carbocycles. The average molecular weight is 344 g/mol. The van der Waals surface area contributed by atoms with Crippen molar-refractivity contribution in [2.24, 2.45) is 0 Å². The number of nitrogens with one attached hydrogen (secondary N) is 1. The summed E-state index contributed by atoms with van der Waals surface area (Å²) < 4.78 is 1.36. The maximum Gasteiger partial charge on any atom is 0.253 e. The quantitative estimate of drug-likeness (QED) is 0.736. The van der Waals surface area contributed by atoms with Crippen molar-refractivity contribution in [2.75, 3.05) is 6.54 Å².